The zero-order valence-corrected chi connectivity index (χ0v) is 9.51. The van der Waals surface area contributed by atoms with Crippen molar-refractivity contribution in [3.05, 3.63) is 59.7 Å². The van der Waals surface area contributed by atoms with Gasteiger partial charge in [-0.25, -0.2) is 0 Å². The van der Waals surface area contributed by atoms with Gasteiger partial charge in [0, 0.05) is 0 Å². The van der Waals surface area contributed by atoms with E-state index in [1.165, 1.54) is 0 Å². The highest BCUT2D eigenvalue weighted by atomic mass is 16.3. The first kappa shape index (κ1) is 12.1. The molecule has 16 heavy (non-hydrogen) atoms. The van der Waals surface area contributed by atoms with Crippen LogP contribution in [-0.2, 0) is 0 Å². The van der Waals surface area contributed by atoms with Crippen molar-refractivity contribution in [2.45, 2.75) is 13.8 Å². The highest BCUT2D eigenvalue weighted by Crippen LogP contribution is 2.09. The van der Waals surface area contributed by atoms with Gasteiger partial charge in [0.1, 0.15) is 11.5 Å². The second-order valence-electron chi connectivity index (χ2n) is 3.68. The second kappa shape index (κ2) is 5.81. The molecule has 0 fully saturated rings. The molecular weight excluding hydrogens is 200 g/mol. The number of aromatic hydroxyl groups is 2. The Morgan fingerprint density at radius 1 is 0.688 bits per heavy atom. The highest BCUT2D eigenvalue weighted by Gasteiger charge is 1.83. The summed E-state index contributed by atoms with van der Waals surface area (Å²) in [5, 5.41) is 17.6. The van der Waals surface area contributed by atoms with Crippen LogP contribution in [0.25, 0.3) is 0 Å². The average molecular weight is 216 g/mol. The van der Waals surface area contributed by atoms with Crippen LogP contribution in [0.15, 0.2) is 48.5 Å². The Bertz CT molecular complexity index is 372. The van der Waals surface area contributed by atoms with Gasteiger partial charge in [0.05, 0.1) is 0 Å². The number of hydrogen-bond acceptors (Lipinski definition) is 2. The summed E-state index contributed by atoms with van der Waals surface area (Å²) in [6.07, 6.45) is 0. The third-order valence-corrected chi connectivity index (χ3v) is 2.00. The quantitative estimate of drug-likeness (QED) is 0.708. The van der Waals surface area contributed by atoms with Crippen LogP contribution in [-0.4, -0.2) is 10.2 Å². The molecule has 0 bridgehead atoms. The van der Waals surface area contributed by atoms with Crippen molar-refractivity contribution in [2.75, 3.05) is 0 Å². The van der Waals surface area contributed by atoms with Gasteiger partial charge in [-0.2, -0.15) is 0 Å². The minimum Gasteiger partial charge on any atom is -0.508 e. The number of phenolic OH excluding ortho intramolecular Hbond substituents is 2. The summed E-state index contributed by atoms with van der Waals surface area (Å²) in [5.41, 5.74) is 2.18. The minimum atomic E-state index is 0.338. The fourth-order valence-electron chi connectivity index (χ4n) is 1.26. The van der Waals surface area contributed by atoms with Gasteiger partial charge in [-0.15, -0.1) is 0 Å². The molecule has 84 valence electrons. The normalized spacial score (nSPS) is 9.12. The van der Waals surface area contributed by atoms with Crippen LogP contribution in [0.4, 0.5) is 0 Å². The Morgan fingerprint density at radius 2 is 1.06 bits per heavy atom. The minimum absolute atomic E-state index is 0.338. The van der Waals surface area contributed by atoms with Crippen LogP contribution < -0.4 is 0 Å². The van der Waals surface area contributed by atoms with Crippen molar-refractivity contribution >= 4 is 0 Å². The third kappa shape index (κ3) is 4.51. The van der Waals surface area contributed by atoms with Crippen molar-refractivity contribution < 1.29 is 10.2 Å². The van der Waals surface area contributed by atoms with Crippen LogP contribution in [0.1, 0.15) is 11.1 Å². The zero-order chi connectivity index (χ0) is 12.0. The molecule has 0 aromatic heterocycles. The highest BCUT2D eigenvalue weighted by molar-refractivity contribution is 5.26. The predicted octanol–water partition coefficient (Wildman–Crippen LogP) is 3.40. The molecule has 0 aliphatic carbocycles. The lowest BCUT2D eigenvalue weighted by atomic mass is 10.2. The van der Waals surface area contributed by atoms with E-state index in [4.69, 9.17) is 10.2 Å². The molecular formula is C14H16O2. The maximum absolute atomic E-state index is 8.81. The molecule has 0 unspecified atom stereocenters. The Labute approximate surface area is 95.8 Å². The first-order valence-electron chi connectivity index (χ1n) is 5.09. The first-order chi connectivity index (χ1) is 7.58. The number of benzene rings is 2. The standard InChI is InChI=1S/2C7H8O/c2*1-6-3-2-4-7(8)5-6/h2*2-5,8H,1H3. The predicted molar refractivity (Wildman–Crippen MR) is 65.7 cm³/mol. The molecule has 0 saturated carbocycles. The lowest BCUT2D eigenvalue weighted by Crippen LogP contribution is -1.66. The molecule has 2 rings (SSSR count). The van der Waals surface area contributed by atoms with Gasteiger partial charge in [-0.3, -0.25) is 0 Å². The van der Waals surface area contributed by atoms with E-state index < -0.39 is 0 Å². The van der Waals surface area contributed by atoms with Crippen molar-refractivity contribution in [3.8, 4) is 11.5 Å². The summed E-state index contributed by atoms with van der Waals surface area (Å²) >= 11 is 0. The van der Waals surface area contributed by atoms with Gasteiger partial charge in [0.15, 0.2) is 0 Å². The van der Waals surface area contributed by atoms with Gasteiger partial charge < -0.3 is 10.2 Å². The van der Waals surface area contributed by atoms with Gasteiger partial charge in [-0.05, 0) is 49.2 Å². The lowest BCUT2D eigenvalue weighted by Gasteiger charge is -1.89. The van der Waals surface area contributed by atoms with E-state index in [0.717, 1.165) is 11.1 Å². The molecule has 0 aliphatic heterocycles. The number of phenols is 2. The van der Waals surface area contributed by atoms with E-state index >= 15 is 0 Å². The van der Waals surface area contributed by atoms with Crippen molar-refractivity contribution in [1.82, 2.24) is 0 Å². The largest absolute Gasteiger partial charge is 0.508 e. The Hall–Kier alpha value is -1.96. The summed E-state index contributed by atoms with van der Waals surface area (Å²) in [7, 11) is 0. The molecule has 2 nitrogen and oxygen atoms in total. The number of hydrogen-bond donors (Lipinski definition) is 2. The third-order valence-electron chi connectivity index (χ3n) is 2.00. The summed E-state index contributed by atoms with van der Waals surface area (Å²) in [4.78, 5) is 0. The van der Waals surface area contributed by atoms with Crippen LogP contribution in [0.3, 0.4) is 0 Å². The fourth-order valence-corrected chi connectivity index (χ4v) is 1.26. The van der Waals surface area contributed by atoms with E-state index in [2.05, 4.69) is 0 Å². The number of rotatable bonds is 0. The van der Waals surface area contributed by atoms with Crippen LogP contribution in [0, 0.1) is 13.8 Å². The molecule has 0 heterocycles. The maximum atomic E-state index is 8.81. The van der Waals surface area contributed by atoms with Gasteiger partial charge in [0.25, 0.3) is 0 Å². The molecule has 0 aliphatic rings. The lowest BCUT2D eigenvalue weighted by molar-refractivity contribution is 0.474. The Balaban J connectivity index is 0.000000160. The first-order valence-corrected chi connectivity index (χ1v) is 5.09. The van der Waals surface area contributed by atoms with Gasteiger partial charge >= 0.3 is 0 Å². The zero-order valence-electron chi connectivity index (χ0n) is 9.51. The smallest absolute Gasteiger partial charge is 0.115 e. The summed E-state index contributed by atoms with van der Waals surface area (Å²) in [6, 6.07) is 14.3. The fraction of sp³-hybridized carbons (Fsp3) is 0.143. The monoisotopic (exact) mass is 216 g/mol. The van der Waals surface area contributed by atoms with Crippen LogP contribution >= 0.6 is 0 Å². The Kier molecular flexibility index (Phi) is 4.40. The molecule has 0 radical (unpaired) electrons. The number of aryl methyl sites for hydroxylation is 2. The van der Waals surface area contributed by atoms with Crippen molar-refractivity contribution in [1.29, 1.82) is 0 Å². The van der Waals surface area contributed by atoms with Crippen molar-refractivity contribution in [3.63, 3.8) is 0 Å². The second-order valence-corrected chi connectivity index (χ2v) is 3.68. The summed E-state index contributed by atoms with van der Waals surface area (Å²) in [6.45, 7) is 3.89. The average Bonchev–Trinajstić information content (AvgIpc) is 2.17. The SMILES string of the molecule is Cc1cccc(O)c1.Cc1cccc(O)c1. The molecule has 2 aromatic carbocycles. The van der Waals surface area contributed by atoms with E-state index in [-0.39, 0.29) is 0 Å². The topological polar surface area (TPSA) is 40.5 Å². The van der Waals surface area contributed by atoms with E-state index in [1.54, 1.807) is 24.3 Å². The molecule has 2 aromatic rings. The molecule has 0 saturated heterocycles. The van der Waals surface area contributed by atoms with Crippen LogP contribution in [0.2, 0.25) is 0 Å². The molecule has 0 spiro atoms. The van der Waals surface area contributed by atoms with E-state index in [1.807, 2.05) is 38.1 Å². The van der Waals surface area contributed by atoms with Crippen molar-refractivity contribution in [2.24, 2.45) is 0 Å². The van der Waals surface area contributed by atoms with E-state index in [9.17, 15) is 0 Å². The van der Waals surface area contributed by atoms with E-state index in [0.29, 0.717) is 11.5 Å². The summed E-state index contributed by atoms with van der Waals surface area (Å²) in [5.74, 6) is 0.676. The van der Waals surface area contributed by atoms with Crippen LogP contribution in [0.5, 0.6) is 11.5 Å². The molecule has 2 heteroatoms. The molecule has 2 N–H and O–H groups in total. The maximum Gasteiger partial charge on any atom is 0.115 e. The summed E-state index contributed by atoms with van der Waals surface area (Å²) < 4.78 is 0. The molecule has 0 amide bonds. The molecule has 0 atom stereocenters. The van der Waals surface area contributed by atoms with Gasteiger partial charge in [0.2, 0.25) is 0 Å². The van der Waals surface area contributed by atoms with Gasteiger partial charge in [-0.1, -0.05) is 24.3 Å². The Morgan fingerprint density at radius 3 is 1.25 bits per heavy atom.